The molecule has 0 aromatic rings. The molecule has 0 spiro atoms. The van der Waals surface area contributed by atoms with E-state index in [1.165, 1.54) is 49.7 Å². The molecule has 0 N–H and O–H groups in total. The van der Waals surface area contributed by atoms with Crippen molar-refractivity contribution in [3.05, 3.63) is 35.5 Å². The highest BCUT2D eigenvalue weighted by atomic mass is 16.1. The van der Waals surface area contributed by atoms with Crippen LogP contribution in [-0.2, 0) is 4.79 Å². The van der Waals surface area contributed by atoms with E-state index in [9.17, 15) is 4.79 Å². The first kappa shape index (κ1) is 15.2. The molecule has 5 atom stereocenters. The number of ketones is 1. The van der Waals surface area contributed by atoms with Crippen molar-refractivity contribution in [1.29, 1.82) is 0 Å². The second kappa shape index (κ2) is 4.54. The number of rotatable bonds is 2. The monoisotopic (exact) mass is 322 g/mol. The van der Waals surface area contributed by atoms with Gasteiger partial charge in [0.15, 0.2) is 5.78 Å². The van der Waals surface area contributed by atoms with E-state index in [2.05, 4.69) is 45.1 Å². The van der Waals surface area contributed by atoms with Crippen molar-refractivity contribution in [3.8, 4) is 0 Å². The van der Waals surface area contributed by atoms with Crippen LogP contribution < -0.4 is 0 Å². The maximum atomic E-state index is 13.2. The van der Waals surface area contributed by atoms with Crippen LogP contribution in [-0.4, -0.2) is 5.78 Å². The summed E-state index contributed by atoms with van der Waals surface area (Å²) in [6.07, 6.45) is 18.2. The number of hydrogen-bond acceptors (Lipinski definition) is 1. The minimum Gasteiger partial charge on any atom is -0.294 e. The molecule has 5 aliphatic carbocycles. The molecule has 1 nitrogen and oxygen atoms in total. The molecule has 0 aromatic carbocycles. The van der Waals surface area contributed by atoms with Crippen LogP contribution in [0.3, 0.4) is 0 Å². The van der Waals surface area contributed by atoms with Gasteiger partial charge in [-0.05, 0) is 74.0 Å². The van der Waals surface area contributed by atoms with Crippen LogP contribution in [0.15, 0.2) is 35.5 Å². The molecule has 0 amide bonds. The summed E-state index contributed by atoms with van der Waals surface area (Å²) in [4.78, 5) is 13.2. The third kappa shape index (κ3) is 1.79. The van der Waals surface area contributed by atoms with Crippen molar-refractivity contribution < 1.29 is 4.79 Å². The largest absolute Gasteiger partial charge is 0.294 e. The van der Waals surface area contributed by atoms with Gasteiger partial charge in [0.2, 0.25) is 0 Å². The first-order valence-corrected chi connectivity index (χ1v) is 9.99. The fourth-order valence-electron chi connectivity index (χ4n) is 7.64. The van der Waals surface area contributed by atoms with Crippen LogP contribution in [0.4, 0.5) is 0 Å². The fourth-order valence-corrected chi connectivity index (χ4v) is 7.64. The summed E-state index contributed by atoms with van der Waals surface area (Å²) in [7, 11) is 0. The lowest BCUT2D eigenvalue weighted by atomic mass is 9.53. The maximum Gasteiger partial charge on any atom is 0.160 e. The topological polar surface area (TPSA) is 17.1 Å². The molecule has 5 rings (SSSR count). The summed E-state index contributed by atoms with van der Waals surface area (Å²) in [5.41, 5.74) is 3.21. The zero-order chi connectivity index (χ0) is 16.7. The first-order chi connectivity index (χ1) is 11.4. The third-order valence-electron chi connectivity index (χ3n) is 8.17. The molecule has 128 valence electrons. The molecule has 5 unspecified atom stereocenters. The Kier molecular flexibility index (Phi) is 2.87. The van der Waals surface area contributed by atoms with Gasteiger partial charge >= 0.3 is 0 Å². The van der Waals surface area contributed by atoms with Crippen molar-refractivity contribution in [2.24, 2.45) is 34.0 Å². The summed E-state index contributed by atoms with van der Waals surface area (Å²) in [6, 6.07) is 0. The van der Waals surface area contributed by atoms with Gasteiger partial charge in [0.05, 0.1) is 0 Å². The maximum absolute atomic E-state index is 13.2. The predicted octanol–water partition coefficient (Wildman–Crippen LogP) is 5.63. The van der Waals surface area contributed by atoms with E-state index in [0.29, 0.717) is 17.1 Å². The Morgan fingerprint density at radius 1 is 1.00 bits per heavy atom. The lowest BCUT2D eigenvalue weighted by Crippen LogP contribution is -2.45. The molecule has 0 aliphatic heterocycles. The summed E-state index contributed by atoms with van der Waals surface area (Å²) in [5.74, 6) is 2.53. The number of Topliss-reactive ketones (excluding diaryl/α,β-unsaturated/α-hetero) is 1. The highest BCUT2D eigenvalue weighted by molar-refractivity contribution is 5.99. The van der Waals surface area contributed by atoms with E-state index >= 15 is 0 Å². The van der Waals surface area contributed by atoms with Gasteiger partial charge in [0.1, 0.15) is 0 Å². The second-order valence-corrected chi connectivity index (χ2v) is 10.2. The number of hydrogen-bond donors (Lipinski definition) is 0. The van der Waals surface area contributed by atoms with Gasteiger partial charge in [-0.25, -0.2) is 0 Å². The summed E-state index contributed by atoms with van der Waals surface area (Å²) >= 11 is 0. The van der Waals surface area contributed by atoms with Crippen LogP contribution in [0.2, 0.25) is 0 Å². The second-order valence-electron chi connectivity index (χ2n) is 10.2. The smallest absolute Gasteiger partial charge is 0.160 e. The van der Waals surface area contributed by atoms with Gasteiger partial charge in [0.25, 0.3) is 0 Å². The van der Waals surface area contributed by atoms with Crippen molar-refractivity contribution in [3.63, 3.8) is 0 Å². The van der Waals surface area contributed by atoms with Crippen LogP contribution in [0.1, 0.15) is 65.7 Å². The van der Waals surface area contributed by atoms with Crippen LogP contribution in [0, 0.1) is 34.0 Å². The van der Waals surface area contributed by atoms with Gasteiger partial charge in [-0.15, -0.1) is 0 Å². The average Bonchev–Trinajstić information content (AvgIpc) is 3.25. The first-order valence-electron chi connectivity index (χ1n) is 9.99. The van der Waals surface area contributed by atoms with Crippen LogP contribution in [0.25, 0.3) is 0 Å². The Bertz CT molecular complexity index is 706. The normalized spacial score (nSPS) is 48.1. The molecule has 0 radical (unpaired) electrons. The molecule has 4 bridgehead atoms. The SMILES string of the molecule is CC1=C(C23C=CC(CC2)C3)C(=O)CC(C)(C)C1C12C=CC(CC1)C2. The van der Waals surface area contributed by atoms with E-state index in [-0.39, 0.29) is 10.8 Å². The molecule has 0 aromatic heterocycles. The highest BCUT2D eigenvalue weighted by Crippen LogP contribution is 2.65. The van der Waals surface area contributed by atoms with Crippen LogP contribution in [0.5, 0.6) is 0 Å². The van der Waals surface area contributed by atoms with Gasteiger partial charge in [-0.2, -0.15) is 0 Å². The van der Waals surface area contributed by atoms with E-state index in [4.69, 9.17) is 0 Å². The Labute approximate surface area is 146 Å². The van der Waals surface area contributed by atoms with Crippen molar-refractivity contribution >= 4 is 5.78 Å². The van der Waals surface area contributed by atoms with E-state index in [0.717, 1.165) is 18.3 Å². The van der Waals surface area contributed by atoms with Gasteiger partial charge < -0.3 is 0 Å². The predicted molar refractivity (Wildman–Crippen MR) is 97.4 cm³/mol. The summed E-state index contributed by atoms with van der Waals surface area (Å²) in [6.45, 7) is 7.02. The molecule has 5 aliphatic rings. The standard InChI is InChI=1S/C23H30O/c1-15-19(22-8-4-16(12-22)5-9-22)18(24)14-21(2,3)20(15)23-10-6-17(13-23)7-11-23/h4,6,8,10,16-17,20H,5,7,9,11-14H2,1-3H3. The molecule has 0 saturated heterocycles. The van der Waals surface area contributed by atoms with E-state index in [1.54, 1.807) is 0 Å². The molecule has 0 heterocycles. The van der Waals surface area contributed by atoms with Crippen molar-refractivity contribution in [2.45, 2.75) is 65.7 Å². The molecule has 1 heteroatoms. The van der Waals surface area contributed by atoms with E-state index in [1.807, 2.05) is 0 Å². The Morgan fingerprint density at radius 3 is 2.21 bits per heavy atom. The Morgan fingerprint density at radius 2 is 1.71 bits per heavy atom. The minimum absolute atomic E-state index is 0.0885. The zero-order valence-electron chi connectivity index (χ0n) is 15.4. The number of carbonyl (C=O) groups is 1. The molecule has 2 fully saturated rings. The van der Waals surface area contributed by atoms with Crippen molar-refractivity contribution in [1.82, 2.24) is 0 Å². The Hall–Kier alpha value is -1.11. The lowest BCUT2D eigenvalue weighted by Gasteiger charge is -2.50. The molecule has 2 saturated carbocycles. The fraction of sp³-hybridized carbons (Fsp3) is 0.696. The van der Waals surface area contributed by atoms with E-state index < -0.39 is 0 Å². The van der Waals surface area contributed by atoms with Crippen LogP contribution >= 0.6 is 0 Å². The molecule has 24 heavy (non-hydrogen) atoms. The molecular formula is C23H30O. The molecular weight excluding hydrogens is 292 g/mol. The highest BCUT2D eigenvalue weighted by Gasteiger charge is 2.57. The third-order valence-corrected chi connectivity index (χ3v) is 8.17. The van der Waals surface area contributed by atoms with Gasteiger partial charge in [-0.3, -0.25) is 4.79 Å². The number of allylic oxidation sites excluding steroid dienone is 6. The van der Waals surface area contributed by atoms with Gasteiger partial charge in [0, 0.05) is 17.4 Å². The summed E-state index contributed by atoms with van der Waals surface area (Å²) < 4.78 is 0. The minimum atomic E-state index is 0.0885. The average molecular weight is 322 g/mol. The Balaban J connectivity index is 1.66. The van der Waals surface area contributed by atoms with Crippen molar-refractivity contribution in [2.75, 3.05) is 0 Å². The number of carbonyl (C=O) groups excluding carboxylic acids is 1. The lowest BCUT2D eigenvalue weighted by molar-refractivity contribution is -0.120. The quantitative estimate of drug-likeness (QED) is 0.602. The summed E-state index contributed by atoms with van der Waals surface area (Å²) in [5, 5.41) is 0. The zero-order valence-corrected chi connectivity index (χ0v) is 15.4. The number of fused-ring (bicyclic) bond motifs is 4. The van der Waals surface area contributed by atoms with Gasteiger partial charge in [-0.1, -0.05) is 43.7 Å².